The van der Waals surface area contributed by atoms with E-state index in [2.05, 4.69) is 18.2 Å². The van der Waals surface area contributed by atoms with Crippen LogP contribution in [0.2, 0.25) is 0 Å². The van der Waals surface area contributed by atoms with Crippen LogP contribution in [0.3, 0.4) is 0 Å². The zero-order valence-corrected chi connectivity index (χ0v) is 6.90. The Bertz CT molecular complexity index is 319. The van der Waals surface area contributed by atoms with Crippen LogP contribution in [-0.2, 0) is 6.42 Å². The lowest BCUT2D eigenvalue weighted by Crippen LogP contribution is -2.11. The van der Waals surface area contributed by atoms with Gasteiger partial charge in [0.05, 0.1) is 6.10 Å². The van der Waals surface area contributed by atoms with Gasteiger partial charge in [0, 0.05) is 0 Å². The number of hydrogen-bond acceptors (Lipinski definition) is 1. The molecule has 3 rings (SSSR count). The third-order valence-corrected chi connectivity index (χ3v) is 3.24. The van der Waals surface area contributed by atoms with Crippen molar-refractivity contribution in [2.75, 3.05) is 0 Å². The second-order valence-electron chi connectivity index (χ2n) is 4.01. The molecule has 0 spiro atoms. The molecule has 1 aromatic rings. The van der Waals surface area contributed by atoms with Crippen molar-refractivity contribution in [3.63, 3.8) is 0 Å². The smallest absolute Gasteiger partial charge is 0.0823 e. The Kier molecular flexibility index (Phi) is 1.17. The standard InChI is InChI=1S/C11H12O/c12-11-9-4-2-1-3-7(9)5-8-6-10(8)11/h1-4,8,10-12H,5-6H2/t8-,10+,11-/m0/s1. The summed E-state index contributed by atoms with van der Waals surface area (Å²) < 4.78 is 0. The summed E-state index contributed by atoms with van der Waals surface area (Å²) in [5.41, 5.74) is 2.54. The maximum atomic E-state index is 9.87. The van der Waals surface area contributed by atoms with E-state index in [4.69, 9.17) is 0 Å². The van der Waals surface area contributed by atoms with Crippen LogP contribution in [-0.4, -0.2) is 5.11 Å². The van der Waals surface area contributed by atoms with Gasteiger partial charge in [0.25, 0.3) is 0 Å². The van der Waals surface area contributed by atoms with Gasteiger partial charge in [-0.2, -0.15) is 0 Å². The Labute approximate surface area is 72.0 Å². The van der Waals surface area contributed by atoms with Crippen molar-refractivity contribution >= 4 is 0 Å². The summed E-state index contributed by atoms with van der Waals surface area (Å²) in [7, 11) is 0. The summed E-state index contributed by atoms with van der Waals surface area (Å²) in [6, 6.07) is 8.29. The molecule has 1 aromatic carbocycles. The Morgan fingerprint density at radius 3 is 3.00 bits per heavy atom. The number of fused-ring (bicyclic) bond motifs is 2. The van der Waals surface area contributed by atoms with Crippen LogP contribution in [0, 0.1) is 11.8 Å². The van der Waals surface area contributed by atoms with Crippen molar-refractivity contribution in [1.29, 1.82) is 0 Å². The molecule has 0 heterocycles. The number of hydrogen-bond donors (Lipinski definition) is 1. The predicted octanol–water partition coefficient (Wildman–Crippen LogP) is 1.91. The van der Waals surface area contributed by atoms with E-state index in [0.717, 1.165) is 5.92 Å². The van der Waals surface area contributed by atoms with Crippen LogP contribution in [0.5, 0.6) is 0 Å². The van der Waals surface area contributed by atoms with E-state index in [1.807, 2.05) is 6.07 Å². The fourth-order valence-corrected chi connectivity index (χ4v) is 2.41. The molecule has 1 heteroatoms. The Balaban J connectivity index is 2.11. The molecule has 2 aliphatic rings. The molecule has 1 N–H and O–H groups in total. The highest BCUT2D eigenvalue weighted by Crippen LogP contribution is 2.53. The molecule has 1 nitrogen and oxygen atoms in total. The van der Waals surface area contributed by atoms with E-state index in [1.165, 1.54) is 24.0 Å². The van der Waals surface area contributed by atoms with Gasteiger partial charge in [0.15, 0.2) is 0 Å². The predicted molar refractivity (Wildman–Crippen MR) is 46.7 cm³/mol. The maximum absolute atomic E-state index is 9.87. The lowest BCUT2D eigenvalue weighted by molar-refractivity contribution is 0.140. The van der Waals surface area contributed by atoms with Gasteiger partial charge in [0.2, 0.25) is 0 Å². The number of aliphatic hydroxyl groups is 1. The summed E-state index contributed by atoms with van der Waals surface area (Å²) in [4.78, 5) is 0. The molecule has 12 heavy (non-hydrogen) atoms. The second-order valence-corrected chi connectivity index (χ2v) is 4.01. The average molecular weight is 160 g/mol. The molecular weight excluding hydrogens is 148 g/mol. The van der Waals surface area contributed by atoms with Gasteiger partial charge in [-0.15, -0.1) is 0 Å². The summed E-state index contributed by atoms with van der Waals surface area (Å²) in [6.07, 6.45) is 2.26. The first kappa shape index (κ1) is 6.67. The molecule has 0 unspecified atom stereocenters. The highest BCUT2D eigenvalue weighted by atomic mass is 16.3. The van der Waals surface area contributed by atoms with Gasteiger partial charge in [-0.1, -0.05) is 24.3 Å². The fraction of sp³-hybridized carbons (Fsp3) is 0.455. The summed E-state index contributed by atoms with van der Waals surface area (Å²) >= 11 is 0. The molecule has 3 atom stereocenters. The van der Waals surface area contributed by atoms with E-state index in [1.54, 1.807) is 0 Å². The first-order valence-electron chi connectivity index (χ1n) is 4.62. The SMILES string of the molecule is O[C@H]1c2ccccc2C[C@H]2C[C@H]21. The maximum Gasteiger partial charge on any atom is 0.0823 e. The Hall–Kier alpha value is -0.820. The van der Waals surface area contributed by atoms with E-state index in [9.17, 15) is 5.11 Å². The van der Waals surface area contributed by atoms with Crippen LogP contribution < -0.4 is 0 Å². The normalized spacial score (nSPS) is 36.9. The highest BCUT2D eigenvalue weighted by Gasteiger charge is 2.46. The summed E-state index contributed by atoms with van der Waals surface area (Å²) in [5.74, 6) is 1.37. The van der Waals surface area contributed by atoms with Crippen LogP contribution in [0.15, 0.2) is 24.3 Å². The van der Waals surface area contributed by atoms with Gasteiger partial charge >= 0.3 is 0 Å². The summed E-state index contributed by atoms with van der Waals surface area (Å²) in [5, 5.41) is 9.87. The molecule has 1 saturated carbocycles. The third kappa shape index (κ3) is 0.774. The zero-order chi connectivity index (χ0) is 8.13. The van der Waals surface area contributed by atoms with Crippen molar-refractivity contribution in [1.82, 2.24) is 0 Å². The minimum atomic E-state index is -0.167. The van der Waals surface area contributed by atoms with Crippen molar-refractivity contribution < 1.29 is 5.11 Å². The molecular formula is C11H12O. The topological polar surface area (TPSA) is 20.2 Å². The van der Waals surface area contributed by atoms with Gasteiger partial charge in [-0.25, -0.2) is 0 Å². The molecule has 0 radical (unpaired) electrons. The highest BCUT2D eigenvalue weighted by molar-refractivity contribution is 5.34. The first-order chi connectivity index (χ1) is 5.86. The van der Waals surface area contributed by atoms with Gasteiger partial charge in [0.1, 0.15) is 0 Å². The van der Waals surface area contributed by atoms with Crippen LogP contribution >= 0.6 is 0 Å². The zero-order valence-electron chi connectivity index (χ0n) is 6.90. The third-order valence-electron chi connectivity index (χ3n) is 3.24. The largest absolute Gasteiger partial charge is 0.388 e. The van der Waals surface area contributed by atoms with Crippen molar-refractivity contribution in [3.05, 3.63) is 35.4 Å². The number of aliphatic hydroxyl groups excluding tert-OH is 1. The van der Waals surface area contributed by atoms with Crippen LogP contribution in [0.1, 0.15) is 23.7 Å². The molecule has 0 aromatic heterocycles. The summed E-state index contributed by atoms with van der Waals surface area (Å²) in [6.45, 7) is 0. The molecule has 0 aliphatic heterocycles. The lowest BCUT2D eigenvalue weighted by atomic mass is 9.90. The molecule has 62 valence electrons. The second kappa shape index (κ2) is 2.11. The Morgan fingerprint density at radius 2 is 2.08 bits per heavy atom. The molecule has 2 aliphatic carbocycles. The van der Waals surface area contributed by atoms with Crippen LogP contribution in [0.25, 0.3) is 0 Å². The fourth-order valence-electron chi connectivity index (χ4n) is 2.41. The van der Waals surface area contributed by atoms with Crippen LogP contribution in [0.4, 0.5) is 0 Å². The average Bonchev–Trinajstić information content (AvgIpc) is 2.84. The number of benzene rings is 1. The van der Waals surface area contributed by atoms with E-state index in [0.29, 0.717) is 5.92 Å². The van der Waals surface area contributed by atoms with E-state index < -0.39 is 0 Å². The van der Waals surface area contributed by atoms with Crippen molar-refractivity contribution in [2.24, 2.45) is 11.8 Å². The van der Waals surface area contributed by atoms with Crippen molar-refractivity contribution in [3.8, 4) is 0 Å². The lowest BCUT2D eigenvalue weighted by Gasteiger charge is -2.20. The minimum Gasteiger partial charge on any atom is -0.388 e. The molecule has 0 saturated heterocycles. The first-order valence-corrected chi connectivity index (χ1v) is 4.62. The van der Waals surface area contributed by atoms with Gasteiger partial charge in [-0.3, -0.25) is 0 Å². The quantitative estimate of drug-likeness (QED) is 0.614. The molecule has 1 fully saturated rings. The van der Waals surface area contributed by atoms with Gasteiger partial charge in [-0.05, 0) is 35.8 Å². The Morgan fingerprint density at radius 1 is 1.25 bits per heavy atom. The van der Waals surface area contributed by atoms with E-state index >= 15 is 0 Å². The van der Waals surface area contributed by atoms with E-state index in [-0.39, 0.29) is 6.10 Å². The molecule has 0 bridgehead atoms. The van der Waals surface area contributed by atoms with Crippen molar-refractivity contribution in [2.45, 2.75) is 18.9 Å². The monoisotopic (exact) mass is 160 g/mol. The number of rotatable bonds is 0. The minimum absolute atomic E-state index is 0.167. The van der Waals surface area contributed by atoms with Gasteiger partial charge < -0.3 is 5.11 Å². The molecule has 0 amide bonds.